The molecule has 90 valence electrons. The molecule has 0 spiro atoms. The third-order valence-corrected chi connectivity index (χ3v) is 4.05. The molecule has 2 aliphatic carbocycles. The average molecular weight is 222 g/mol. The van der Waals surface area contributed by atoms with Gasteiger partial charge in [0.25, 0.3) is 0 Å². The van der Waals surface area contributed by atoms with Crippen molar-refractivity contribution in [1.82, 2.24) is 4.90 Å². The van der Waals surface area contributed by atoms with Gasteiger partial charge in [0.15, 0.2) is 0 Å². The Hall–Kier alpha value is -0.830. The monoisotopic (exact) mass is 222 g/mol. The van der Waals surface area contributed by atoms with Crippen molar-refractivity contribution in [2.75, 3.05) is 13.1 Å². The molecule has 2 saturated carbocycles. The van der Waals surface area contributed by atoms with Crippen LogP contribution >= 0.6 is 0 Å². The highest BCUT2D eigenvalue weighted by Gasteiger charge is 2.51. The van der Waals surface area contributed by atoms with Crippen molar-refractivity contribution >= 4 is 5.91 Å². The molecule has 3 nitrogen and oxygen atoms in total. The first kappa shape index (κ1) is 11.6. The lowest BCUT2D eigenvalue weighted by Gasteiger charge is -2.31. The van der Waals surface area contributed by atoms with Crippen LogP contribution in [0.3, 0.4) is 0 Å². The van der Waals surface area contributed by atoms with Crippen LogP contribution in [0.5, 0.6) is 0 Å². The Bertz CT molecular complexity index is 278. The van der Waals surface area contributed by atoms with Gasteiger partial charge >= 0.3 is 0 Å². The van der Waals surface area contributed by atoms with E-state index in [4.69, 9.17) is 5.73 Å². The second-order valence-electron chi connectivity index (χ2n) is 5.17. The van der Waals surface area contributed by atoms with Crippen molar-refractivity contribution in [2.24, 2.45) is 11.1 Å². The van der Waals surface area contributed by atoms with Crippen LogP contribution < -0.4 is 5.73 Å². The highest BCUT2D eigenvalue weighted by atomic mass is 16.2. The van der Waals surface area contributed by atoms with E-state index in [1.54, 1.807) is 0 Å². The molecule has 0 aromatic heterocycles. The number of nitrogens with zero attached hydrogens (tertiary/aromatic N) is 1. The number of hydrogen-bond acceptors (Lipinski definition) is 2. The van der Waals surface area contributed by atoms with Crippen LogP contribution in [0.25, 0.3) is 0 Å². The first-order valence-electron chi connectivity index (χ1n) is 6.35. The van der Waals surface area contributed by atoms with Crippen molar-refractivity contribution < 1.29 is 4.79 Å². The Labute approximate surface area is 97.7 Å². The Morgan fingerprint density at radius 1 is 1.44 bits per heavy atom. The second kappa shape index (κ2) is 4.58. The van der Waals surface area contributed by atoms with Crippen molar-refractivity contribution in [3.8, 4) is 0 Å². The molecule has 2 rings (SSSR count). The molecule has 0 aliphatic heterocycles. The third-order valence-electron chi connectivity index (χ3n) is 4.05. The molecule has 2 aliphatic rings. The van der Waals surface area contributed by atoms with Crippen LogP contribution in [-0.2, 0) is 4.79 Å². The molecule has 3 heteroatoms. The van der Waals surface area contributed by atoms with E-state index in [1.165, 1.54) is 12.8 Å². The first-order chi connectivity index (χ1) is 7.73. The largest absolute Gasteiger partial charge is 0.335 e. The summed E-state index contributed by atoms with van der Waals surface area (Å²) in [4.78, 5) is 14.5. The predicted molar refractivity (Wildman–Crippen MR) is 64.9 cm³/mol. The fourth-order valence-electron chi connectivity index (χ4n) is 2.71. The van der Waals surface area contributed by atoms with Crippen LogP contribution in [0, 0.1) is 5.41 Å². The number of nitrogens with two attached hydrogens (primary N) is 1. The first-order valence-corrected chi connectivity index (χ1v) is 6.35. The van der Waals surface area contributed by atoms with Gasteiger partial charge < -0.3 is 10.6 Å². The zero-order chi connectivity index (χ0) is 11.6. The summed E-state index contributed by atoms with van der Waals surface area (Å²) in [6, 6.07) is 0.439. The molecule has 1 amide bonds. The zero-order valence-corrected chi connectivity index (χ0v) is 9.95. The highest BCUT2D eigenvalue weighted by Crippen LogP contribution is 2.47. The van der Waals surface area contributed by atoms with E-state index in [1.807, 2.05) is 11.0 Å². The Morgan fingerprint density at radius 3 is 2.50 bits per heavy atom. The molecule has 2 N–H and O–H groups in total. The van der Waals surface area contributed by atoms with E-state index in [2.05, 4.69) is 6.58 Å². The van der Waals surface area contributed by atoms with E-state index in [0.29, 0.717) is 19.1 Å². The third kappa shape index (κ3) is 2.01. The minimum Gasteiger partial charge on any atom is -0.335 e. The summed E-state index contributed by atoms with van der Waals surface area (Å²) in [6.45, 7) is 4.95. The van der Waals surface area contributed by atoms with Gasteiger partial charge in [-0.3, -0.25) is 4.79 Å². The van der Waals surface area contributed by atoms with Crippen LogP contribution in [0.15, 0.2) is 12.7 Å². The van der Waals surface area contributed by atoms with Crippen molar-refractivity contribution in [3.63, 3.8) is 0 Å². The van der Waals surface area contributed by atoms with Gasteiger partial charge in [-0.05, 0) is 25.7 Å². The number of hydrogen-bond donors (Lipinski definition) is 1. The molecule has 0 aromatic carbocycles. The summed E-state index contributed by atoms with van der Waals surface area (Å²) in [5.74, 6) is 0.279. The number of carbonyl (C=O) groups is 1. The molecule has 0 aromatic rings. The van der Waals surface area contributed by atoms with Gasteiger partial charge in [0, 0.05) is 19.1 Å². The highest BCUT2D eigenvalue weighted by molar-refractivity contribution is 5.86. The van der Waals surface area contributed by atoms with Crippen LogP contribution in [0.2, 0.25) is 0 Å². The van der Waals surface area contributed by atoms with Crippen molar-refractivity contribution in [1.29, 1.82) is 0 Å². The fourth-order valence-corrected chi connectivity index (χ4v) is 2.71. The van der Waals surface area contributed by atoms with Crippen molar-refractivity contribution in [3.05, 3.63) is 12.7 Å². The zero-order valence-electron chi connectivity index (χ0n) is 9.95. The maximum atomic E-state index is 12.4. The van der Waals surface area contributed by atoms with E-state index in [-0.39, 0.29) is 11.3 Å². The van der Waals surface area contributed by atoms with Crippen LogP contribution in [0.1, 0.15) is 38.5 Å². The number of rotatable bonds is 5. The molecule has 0 bridgehead atoms. The normalized spacial score (nSPS) is 23.1. The number of carbonyl (C=O) groups excluding carboxylic acids is 1. The van der Waals surface area contributed by atoms with Crippen LogP contribution in [0.4, 0.5) is 0 Å². The van der Waals surface area contributed by atoms with Crippen molar-refractivity contribution in [2.45, 2.75) is 44.6 Å². The van der Waals surface area contributed by atoms with Gasteiger partial charge in [0.05, 0.1) is 5.41 Å². The smallest absolute Gasteiger partial charge is 0.230 e. The quantitative estimate of drug-likeness (QED) is 0.719. The fraction of sp³-hybridized carbons (Fsp3) is 0.769. The van der Waals surface area contributed by atoms with E-state index in [9.17, 15) is 4.79 Å². The summed E-state index contributed by atoms with van der Waals surface area (Å²) in [6.07, 6.45) is 8.59. The summed E-state index contributed by atoms with van der Waals surface area (Å²) >= 11 is 0. The summed E-state index contributed by atoms with van der Waals surface area (Å²) < 4.78 is 0. The second-order valence-corrected chi connectivity index (χ2v) is 5.17. The molecular weight excluding hydrogens is 200 g/mol. The summed E-state index contributed by atoms with van der Waals surface area (Å²) in [7, 11) is 0. The maximum absolute atomic E-state index is 12.4. The predicted octanol–water partition coefficient (Wildman–Crippen LogP) is 1.68. The topological polar surface area (TPSA) is 46.3 Å². The molecule has 0 heterocycles. The van der Waals surface area contributed by atoms with Gasteiger partial charge in [-0.15, -0.1) is 6.58 Å². The Balaban J connectivity index is 2.06. The lowest BCUT2D eigenvalue weighted by atomic mass is 10.0. The van der Waals surface area contributed by atoms with E-state index in [0.717, 1.165) is 25.7 Å². The standard InChI is InChI=1S/C13H22N2O/c1-2-9-15(11-5-3-4-6-11)12(16)13(10-14)7-8-13/h2,11H,1,3-10,14H2. The van der Waals surface area contributed by atoms with E-state index < -0.39 is 0 Å². The molecular formula is C13H22N2O. The summed E-state index contributed by atoms with van der Waals surface area (Å²) in [5, 5.41) is 0. The van der Waals surface area contributed by atoms with Gasteiger partial charge in [0.2, 0.25) is 5.91 Å². The maximum Gasteiger partial charge on any atom is 0.230 e. The molecule has 2 fully saturated rings. The van der Waals surface area contributed by atoms with Gasteiger partial charge in [-0.25, -0.2) is 0 Å². The lowest BCUT2D eigenvalue weighted by Crippen LogP contribution is -2.45. The SMILES string of the molecule is C=CCN(C(=O)C1(CN)CC1)C1CCCC1. The Kier molecular flexibility index (Phi) is 3.33. The molecule has 0 radical (unpaired) electrons. The summed E-state index contributed by atoms with van der Waals surface area (Å²) in [5.41, 5.74) is 5.53. The molecule has 16 heavy (non-hydrogen) atoms. The van der Waals surface area contributed by atoms with Gasteiger partial charge in [-0.2, -0.15) is 0 Å². The minimum atomic E-state index is -0.203. The lowest BCUT2D eigenvalue weighted by molar-refractivity contribution is -0.138. The van der Waals surface area contributed by atoms with Gasteiger partial charge in [0.1, 0.15) is 0 Å². The molecule has 0 atom stereocenters. The Morgan fingerprint density at radius 2 is 2.06 bits per heavy atom. The molecule has 0 saturated heterocycles. The van der Waals surface area contributed by atoms with Crippen LogP contribution in [-0.4, -0.2) is 29.9 Å². The van der Waals surface area contributed by atoms with E-state index >= 15 is 0 Å². The average Bonchev–Trinajstić information content (AvgIpc) is 2.93. The molecule has 0 unspecified atom stereocenters. The number of amides is 1. The van der Waals surface area contributed by atoms with Gasteiger partial charge in [-0.1, -0.05) is 18.9 Å². The minimum absolute atomic E-state index is 0.203.